The first kappa shape index (κ1) is 27.1. The molecule has 0 aliphatic carbocycles. The maximum atomic E-state index is 12.7. The Morgan fingerprint density at radius 3 is 2.47 bits per heavy atom. The zero-order chi connectivity index (χ0) is 27.1. The van der Waals surface area contributed by atoms with Gasteiger partial charge in [-0.1, -0.05) is 18.2 Å². The van der Waals surface area contributed by atoms with E-state index in [1.807, 2.05) is 12.1 Å². The Morgan fingerprint density at radius 1 is 1.08 bits per heavy atom. The van der Waals surface area contributed by atoms with E-state index >= 15 is 0 Å². The van der Waals surface area contributed by atoms with Gasteiger partial charge < -0.3 is 19.7 Å². The molecule has 1 aromatic heterocycles. The van der Waals surface area contributed by atoms with E-state index in [1.54, 1.807) is 44.4 Å². The number of anilines is 1. The SMILES string of the molecule is COC(=O)C1=C(C)NC(C)=C([N+](=O)[O-])C1c1ccccc1OCCCCN1CCN(c2ncccn2)CC1. The highest BCUT2D eigenvalue weighted by Gasteiger charge is 2.42. The molecule has 2 aliphatic rings. The number of rotatable bonds is 10. The van der Waals surface area contributed by atoms with Crippen LogP contribution in [0, 0.1) is 10.1 Å². The zero-order valence-corrected chi connectivity index (χ0v) is 22.1. The van der Waals surface area contributed by atoms with Crippen molar-refractivity contribution < 1.29 is 19.2 Å². The van der Waals surface area contributed by atoms with Gasteiger partial charge in [-0.15, -0.1) is 0 Å². The summed E-state index contributed by atoms with van der Waals surface area (Å²) in [5.74, 6) is -0.212. The second-order valence-corrected chi connectivity index (χ2v) is 9.33. The number of nitrogens with zero attached hydrogens (tertiary/aromatic N) is 5. The Balaban J connectivity index is 1.36. The largest absolute Gasteiger partial charge is 0.493 e. The summed E-state index contributed by atoms with van der Waals surface area (Å²) in [6.07, 6.45) is 5.32. The highest BCUT2D eigenvalue weighted by Crippen LogP contribution is 2.42. The predicted molar refractivity (Wildman–Crippen MR) is 142 cm³/mol. The molecule has 1 N–H and O–H groups in total. The van der Waals surface area contributed by atoms with Crippen LogP contribution in [-0.4, -0.2) is 72.2 Å². The van der Waals surface area contributed by atoms with Crippen LogP contribution in [0.25, 0.3) is 0 Å². The van der Waals surface area contributed by atoms with Gasteiger partial charge in [0.1, 0.15) is 11.7 Å². The maximum Gasteiger partial charge on any atom is 0.336 e. The second kappa shape index (κ2) is 12.5. The fraction of sp³-hybridized carbons (Fsp3) is 0.444. The van der Waals surface area contributed by atoms with Gasteiger partial charge in [0.15, 0.2) is 0 Å². The lowest BCUT2D eigenvalue weighted by Crippen LogP contribution is -2.47. The van der Waals surface area contributed by atoms with Crippen molar-refractivity contribution in [2.45, 2.75) is 32.6 Å². The number of dihydropyridines is 1. The minimum atomic E-state index is -0.903. The van der Waals surface area contributed by atoms with Crippen LogP contribution >= 0.6 is 0 Å². The number of allylic oxidation sites excluding steroid dienone is 3. The Hall–Kier alpha value is -3.99. The van der Waals surface area contributed by atoms with Gasteiger partial charge >= 0.3 is 5.97 Å². The number of methoxy groups -OCH3 is 1. The van der Waals surface area contributed by atoms with E-state index in [4.69, 9.17) is 9.47 Å². The lowest BCUT2D eigenvalue weighted by molar-refractivity contribution is -0.431. The average Bonchev–Trinajstić information content (AvgIpc) is 2.93. The Labute approximate surface area is 222 Å². The molecule has 11 heteroatoms. The summed E-state index contributed by atoms with van der Waals surface area (Å²) in [6, 6.07) is 9.00. The fourth-order valence-electron chi connectivity index (χ4n) is 5.00. The van der Waals surface area contributed by atoms with E-state index in [9.17, 15) is 14.9 Å². The number of ether oxygens (including phenoxy) is 2. The number of piperazine rings is 1. The highest BCUT2D eigenvalue weighted by atomic mass is 16.6. The van der Waals surface area contributed by atoms with E-state index < -0.39 is 16.8 Å². The molecular formula is C27H34N6O5. The van der Waals surface area contributed by atoms with E-state index in [-0.39, 0.29) is 11.3 Å². The number of hydrogen-bond donors (Lipinski definition) is 1. The molecule has 2 aromatic rings. The van der Waals surface area contributed by atoms with Crippen molar-refractivity contribution in [1.82, 2.24) is 20.2 Å². The molecule has 0 bridgehead atoms. The van der Waals surface area contributed by atoms with Gasteiger partial charge in [-0.05, 0) is 45.4 Å². The molecule has 4 rings (SSSR count). The maximum absolute atomic E-state index is 12.7. The van der Waals surface area contributed by atoms with E-state index in [0.29, 0.717) is 29.3 Å². The summed E-state index contributed by atoms with van der Waals surface area (Å²) in [7, 11) is 1.27. The molecule has 0 spiro atoms. The normalized spacial score (nSPS) is 18.3. The van der Waals surface area contributed by atoms with Crippen molar-refractivity contribution in [2.75, 3.05) is 51.3 Å². The third-order valence-corrected chi connectivity index (χ3v) is 6.89. The number of nitro groups is 1. The number of carbonyl (C=O) groups excluding carboxylic acids is 1. The van der Waals surface area contributed by atoms with Gasteiger partial charge in [-0.2, -0.15) is 0 Å². The fourth-order valence-corrected chi connectivity index (χ4v) is 5.00. The Kier molecular flexibility index (Phi) is 8.90. The first-order valence-corrected chi connectivity index (χ1v) is 12.8. The molecule has 0 radical (unpaired) electrons. The first-order valence-electron chi connectivity index (χ1n) is 12.8. The standard InChI is InChI=1S/C27H34N6O5/c1-19-23(26(34)37-3)24(25(33(35)36)20(2)30-19)21-9-4-5-10-22(21)38-18-7-6-13-31-14-16-32(17-15-31)27-28-11-8-12-29-27/h4-5,8-12,24,30H,6-7,13-18H2,1-3H3. The molecule has 0 saturated carbocycles. The monoisotopic (exact) mass is 522 g/mol. The van der Waals surface area contributed by atoms with Gasteiger partial charge in [-0.25, -0.2) is 14.8 Å². The van der Waals surface area contributed by atoms with Gasteiger partial charge in [0.05, 0.1) is 29.9 Å². The summed E-state index contributed by atoms with van der Waals surface area (Å²) in [5, 5.41) is 15.0. The van der Waals surface area contributed by atoms with Crippen LogP contribution in [0.5, 0.6) is 5.75 Å². The van der Waals surface area contributed by atoms with Crippen molar-refractivity contribution in [3.05, 3.63) is 81.1 Å². The number of esters is 1. The summed E-state index contributed by atoms with van der Waals surface area (Å²) >= 11 is 0. The van der Waals surface area contributed by atoms with Crippen LogP contribution in [0.2, 0.25) is 0 Å². The van der Waals surface area contributed by atoms with Crippen LogP contribution < -0.4 is 15.0 Å². The van der Waals surface area contributed by atoms with Gasteiger partial charge in [0.2, 0.25) is 5.95 Å². The highest BCUT2D eigenvalue weighted by molar-refractivity contribution is 5.92. The van der Waals surface area contributed by atoms with E-state index in [0.717, 1.165) is 51.5 Å². The van der Waals surface area contributed by atoms with Crippen molar-refractivity contribution in [3.8, 4) is 5.75 Å². The minimum absolute atomic E-state index is 0.0907. The van der Waals surface area contributed by atoms with Crippen LogP contribution in [0.1, 0.15) is 38.2 Å². The third-order valence-electron chi connectivity index (χ3n) is 6.89. The molecule has 38 heavy (non-hydrogen) atoms. The molecule has 1 atom stereocenters. The Bertz CT molecular complexity index is 1210. The number of hydrogen-bond acceptors (Lipinski definition) is 10. The molecular weight excluding hydrogens is 488 g/mol. The lowest BCUT2D eigenvalue weighted by atomic mass is 9.83. The number of nitrogens with one attached hydrogen (secondary N) is 1. The van der Waals surface area contributed by atoms with Crippen molar-refractivity contribution in [1.29, 1.82) is 0 Å². The van der Waals surface area contributed by atoms with Gasteiger partial charge in [0, 0.05) is 49.8 Å². The van der Waals surface area contributed by atoms with E-state index in [1.165, 1.54) is 7.11 Å². The molecule has 2 aliphatic heterocycles. The predicted octanol–water partition coefficient (Wildman–Crippen LogP) is 3.10. The number of aromatic nitrogens is 2. The summed E-state index contributed by atoms with van der Waals surface area (Å²) < 4.78 is 11.1. The summed E-state index contributed by atoms with van der Waals surface area (Å²) in [6.45, 7) is 8.48. The van der Waals surface area contributed by atoms with Crippen LogP contribution in [0.4, 0.5) is 5.95 Å². The molecule has 11 nitrogen and oxygen atoms in total. The van der Waals surface area contributed by atoms with Crippen LogP contribution in [0.3, 0.4) is 0 Å². The smallest absolute Gasteiger partial charge is 0.336 e. The van der Waals surface area contributed by atoms with Crippen LogP contribution in [0.15, 0.2) is 65.4 Å². The quantitative estimate of drug-likeness (QED) is 0.215. The number of unbranched alkanes of at least 4 members (excludes halogenated alkanes) is 1. The lowest BCUT2D eigenvalue weighted by Gasteiger charge is -2.34. The van der Waals surface area contributed by atoms with Gasteiger partial charge in [0.25, 0.3) is 5.70 Å². The van der Waals surface area contributed by atoms with Crippen molar-refractivity contribution in [3.63, 3.8) is 0 Å². The molecule has 0 amide bonds. The zero-order valence-electron chi connectivity index (χ0n) is 22.1. The molecule has 3 heterocycles. The topological polar surface area (TPSA) is 123 Å². The molecule has 1 unspecified atom stereocenters. The third kappa shape index (κ3) is 6.10. The number of benzene rings is 1. The Morgan fingerprint density at radius 2 is 1.79 bits per heavy atom. The molecule has 1 fully saturated rings. The first-order chi connectivity index (χ1) is 18.4. The van der Waals surface area contributed by atoms with Crippen LogP contribution in [-0.2, 0) is 9.53 Å². The second-order valence-electron chi connectivity index (χ2n) is 9.33. The molecule has 202 valence electrons. The molecule has 1 aromatic carbocycles. The summed E-state index contributed by atoms with van der Waals surface area (Å²) in [5.41, 5.74) is 1.60. The van der Waals surface area contributed by atoms with Gasteiger partial charge in [-0.3, -0.25) is 15.0 Å². The van der Waals surface area contributed by atoms with E-state index in [2.05, 4.69) is 25.1 Å². The molecule has 1 saturated heterocycles. The number of carbonyl (C=O) groups is 1. The average molecular weight is 523 g/mol. The van der Waals surface area contributed by atoms with Crippen molar-refractivity contribution >= 4 is 11.9 Å². The number of para-hydroxylation sites is 1. The minimum Gasteiger partial charge on any atom is -0.493 e. The van der Waals surface area contributed by atoms with Crippen molar-refractivity contribution in [2.24, 2.45) is 0 Å². The summed E-state index contributed by atoms with van der Waals surface area (Å²) in [4.78, 5) is 37.6.